The molecule has 1 aromatic carbocycles. The molecule has 2 rings (SSSR count). The van der Waals surface area contributed by atoms with Crippen molar-refractivity contribution in [1.29, 1.82) is 0 Å². The molecule has 21 heavy (non-hydrogen) atoms. The van der Waals surface area contributed by atoms with Gasteiger partial charge in [0.1, 0.15) is 0 Å². The molecule has 0 aliphatic rings. The Bertz CT molecular complexity index is 523. The Morgan fingerprint density at radius 3 is 2.62 bits per heavy atom. The van der Waals surface area contributed by atoms with E-state index >= 15 is 0 Å². The summed E-state index contributed by atoms with van der Waals surface area (Å²) < 4.78 is 0. The summed E-state index contributed by atoms with van der Waals surface area (Å²) in [5.41, 5.74) is 5.83. The Hall–Kier alpha value is -1.23. The monoisotopic (exact) mass is 303 g/mol. The Morgan fingerprint density at radius 1 is 1.19 bits per heavy atom. The van der Waals surface area contributed by atoms with Crippen LogP contribution in [0.5, 0.6) is 0 Å². The Morgan fingerprint density at radius 2 is 1.95 bits per heavy atom. The highest BCUT2D eigenvalue weighted by atomic mass is 32.1. The van der Waals surface area contributed by atoms with Gasteiger partial charge in [0.05, 0.1) is 11.2 Å². The van der Waals surface area contributed by atoms with E-state index in [1.165, 1.54) is 11.1 Å². The van der Waals surface area contributed by atoms with Gasteiger partial charge in [-0.1, -0.05) is 38.1 Å². The summed E-state index contributed by atoms with van der Waals surface area (Å²) in [7, 11) is 2.15. The largest absolute Gasteiger partial charge is 0.312 e. The third-order valence-electron chi connectivity index (χ3n) is 3.34. The van der Waals surface area contributed by atoms with Crippen molar-refractivity contribution in [3.63, 3.8) is 0 Å². The normalized spacial score (nSPS) is 11.5. The van der Waals surface area contributed by atoms with E-state index in [1.54, 1.807) is 11.3 Å². The quantitative estimate of drug-likeness (QED) is 0.809. The van der Waals surface area contributed by atoms with Crippen LogP contribution in [-0.4, -0.2) is 23.5 Å². The number of nitrogens with zero attached hydrogens (tertiary/aromatic N) is 2. The van der Waals surface area contributed by atoms with E-state index in [2.05, 4.69) is 65.7 Å². The SMILES string of the molecule is CC(C)CNCc1ccccc1CN(C)Cc1cscn1. The van der Waals surface area contributed by atoms with Crippen molar-refractivity contribution in [2.75, 3.05) is 13.6 Å². The molecule has 0 aliphatic heterocycles. The minimum Gasteiger partial charge on any atom is -0.312 e. The molecule has 4 heteroatoms. The number of nitrogens with one attached hydrogen (secondary N) is 1. The van der Waals surface area contributed by atoms with E-state index in [1.807, 2.05) is 5.51 Å². The summed E-state index contributed by atoms with van der Waals surface area (Å²) in [6.07, 6.45) is 0. The molecular formula is C17H25N3S. The third kappa shape index (κ3) is 5.58. The van der Waals surface area contributed by atoms with Gasteiger partial charge in [0, 0.05) is 25.0 Å². The number of aromatic nitrogens is 1. The summed E-state index contributed by atoms with van der Waals surface area (Å²) in [6.45, 7) is 8.33. The van der Waals surface area contributed by atoms with Crippen molar-refractivity contribution >= 4 is 11.3 Å². The molecule has 1 heterocycles. The average Bonchev–Trinajstić information content (AvgIpc) is 2.93. The fraction of sp³-hybridized carbons (Fsp3) is 0.471. The van der Waals surface area contributed by atoms with Gasteiger partial charge in [-0.05, 0) is 30.6 Å². The third-order valence-corrected chi connectivity index (χ3v) is 3.98. The molecule has 0 spiro atoms. The van der Waals surface area contributed by atoms with Crippen LogP contribution < -0.4 is 5.32 Å². The zero-order valence-corrected chi connectivity index (χ0v) is 14.0. The van der Waals surface area contributed by atoms with Crippen LogP contribution in [0.3, 0.4) is 0 Å². The van der Waals surface area contributed by atoms with Gasteiger partial charge < -0.3 is 5.32 Å². The summed E-state index contributed by atoms with van der Waals surface area (Å²) in [5, 5.41) is 5.65. The van der Waals surface area contributed by atoms with Crippen molar-refractivity contribution in [3.05, 3.63) is 52.0 Å². The molecule has 0 aliphatic carbocycles. The molecule has 0 saturated carbocycles. The smallest absolute Gasteiger partial charge is 0.0795 e. The zero-order chi connectivity index (χ0) is 15.1. The lowest BCUT2D eigenvalue weighted by Crippen LogP contribution is -2.22. The first-order valence-electron chi connectivity index (χ1n) is 7.48. The highest BCUT2D eigenvalue weighted by Gasteiger charge is 2.07. The molecule has 0 unspecified atom stereocenters. The number of thiazole rings is 1. The van der Waals surface area contributed by atoms with Crippen molar-refractivity contribution < 1.29 is 0 Å². The maximum atomic E-state index is 4.35. The molecule has 0 saturated heterocycles. The van der Waals surface area contributed by atoms with Crippen LogP contribution in [0.25, 0.3) is 0 Å². The van der Waals surface area contributed by atoms with Crippen LogP contribution in [-0.2, 0) is 19.6 Å². The standard InChI is InChI=1S/C17H25N3S/c1-14(2)8-18-9-15-6-4-5-7-16(15)10-20(3)11-17-12-21-13-19-17/h4-7,12-14,18H,8-11H2,1-3H3. The molecular weight excluding hydrogens is 278 g/mol. The maximum absolute atomic E-state index is 4.35. The van der Waals surface area contributed by atoms with Crippen LogP contribution in [0, 0.1) is 5.92 Å². The summed E-state index contributed by atoms with van der Waals surface area (Å²) >= 11 is 1.66. The molecule has 0 fully saturated rings. The van der Waals surface area contributed by atoms with Gasteiger partial charge in [-0.3, -0.25) is 4.90 Å². The fourth-order valence-corrected chi connectivity index (χ4v) is 2.87. The first-order chi connectivity index (χ1) is 10.1. The van der Waals surface area contributed by atoms with E-state index in [0.29, 0.717) is 5.92 Å². The van der Waals surface area contributed by atoms with Crippen LogP contribution >= 0.6 is 11.3 Å². The average molecular weight is 303 g/mol. The summed E-state index contributed by atoms with van der Waals surface area (Å²) in [6, 6.07) is 8.69. The van der Waals surface area contributed by atoms with E-state index in [9.17, 15) is 0 Å². The predicted octanol–water partition coefficient (Wildman–Crippen LogP) is 3.52. The van der Waals surface area contributed by atoms with Gasteiger partial charge in [-0.15, -0.1) is 11.3 Å². The van der Waals surface area contributed by atoms with E-state index in [4.69, 9.17) is 0 Å². The molecule has 1 aromatic heterocycles. The lowest BCUT2D eigenvalue weighted by atomic mass is 10.1. The predicted molar refractivity (Wildman–Crippen MR) is 90.3 cm³/mol. The van der Waals surface area contributed by atoms with Crippen LogP contribution in [0.4, 0.5) is 0 Å². The highest BCUT2D eigenvalue weighted by molar-refractivity contribution is 7.07. The van der Waals surface area contributed by atoms with E-state index < -0.39 is 0 Å². The highest BCUT2D eigenvalue weighted by Crippen LogP contribution is 2.13. The van der Waals surface area contributed by atoms with Gasteiger partial charge >= 0.3 is 0 Å². The molecule has 0 atom stereocenters. The van der Waals surface area contributed by atoms with Crippen LogP contribution in [0.2, 0.25) is 0 Å². The zero-order valence-electron chi connectivity index (χ0n) is 13.2. The summed E-state index contributed by atoms with van der Waals surface area (Å²) in [4.78, 5) is 6.67. The molecule has 114 valence electrons. The second kappa shape index (κ2) is 8.27. The molecule has 3 nitrogen and oxygen atoms in total. The first kappa shape index (κ1) is 16.1. The van der Waals surface area contributed by atoms with Crippen molar-refractivity contribution in [2.45, 2.75) is 33.5 Å². The van der Waals surface area contributed by atoms with E-state index in [0.717, 1.165) is 31.9 Å². The second-order valence-electron chi connectivity index (χ2n) is 5.95. The van der Waals surface area contributed by atoms with Gasteiger partial charge in [0.15, 0.2) is 0 Å². The minimum absolute atomic E-state index is 0.685. The van der Waals surface area contributed by atoms with Crippen LogP contribution in [0.15, 0.2) is 35.2 Å². The molecule has 0 amide bonds. The lowest BCUT2D eigenvalue weighted by Gasteiger charge is -2.18. The van der Waals surface area contributed by atoms with E-state index in [-0.39, 0.29) is 0 Å². The number of hydrogen-bond donors (Lipinski definition) is 1. The molecule has 1 N–H and O–H groups in total. The number of benzene rings is 1. The second-order valence-corrected chi connectivity index (χ2v) is 6.66. The Balaban J connectivity index is 1.92. The summed E-state index contributed by atoms with van der Waals surface area (Å²) in [5.74, 6) is 0.685. The Labute approximate surface area is 132 Å². The van der Waals surface area contributed by atoms with Crippen molar-refractivity contribution in [1.82, 2.24) is 15.2 Å². The first-order valence-corrected chi connectivity index (χ1v) is 8.42. The van der Waals surface area contributed by atoms with Crippen molar-refractivity contribution in [2.24, 2.45) is 5.92 Å². The minimum atomic E-state index is 0.685. The number of hydrogen-bond acceptors (Lipinski definition) is 4. The van der Waals surface area contributed by atoms with Gasteiger partial charge in [0.25, 0.3) is 0 Å². The molecule has 0 bridgehead atoms. The lowest BCUT2D eigenvalue weighted by molar-refractivity contribution is 0.314. The maximum Gasteiger partial charge on any atom is 0.0795 e. The topological polar surface area (TPSA) is 28.2 Å². The molecule has 0 radical (unpaired) electrons. The van der Waals surface area contributed by atoms with Crippen molar-refractivity contribution in [3.8, 4) is 0 Å². The van der Waals surface area contributed by atoms with Gasteiger partial charge in [0.2, 0.25) is 0 Å². The fourth-order valence-electron chi connectivity index (χ4n) is 2.32. The Kier molecular flexibility index (Phi) is 6.36. The van der Waals surface area contributed by atoms with Crippen LogP contribution in [0.1, 0.15) is 30.7 Å². The van der Waals surface area contributed by atoms with Gasteiger partial charge in [-0.2, -0.15) is 0 Å². The van der Waals surface area contributed by atoms with Gasteiger partial charge in [-0.25, -0.2) is 4.98 Å². The number of rotatable bonds is 8. The molecule has 2 aromatic rings.